The molecule has 0 aliphatic carbocycles. The van der Waals surface area contributed by atoms with Crippen LogP contribution in [-0.4, -0.2) is 27.1 Å². The average Bonchev–Trinajstić information content (AvgIpc) is 2.66. The standard InChI is InChI=1S/C23H31FN2OSi/c1-17-15-19(9-12-25-17)18-10-13-26(14-11-18)21-8-6-7-20(22(21)24)16-27-28(5)23(2,3)4/h6-10,12,15,28H,11,13-14,16H2,1-5H3. The van der Waals surface area contributed by atoms with Crippen molar-refractivity contribution in [3.05, 3.63) is 65.2 Å². The van der Waals surface area contributed by atoms with Crippen LogP contribution in [0.1, 0.15) is 44.0 Å². The van der Waals surface area contributed by atoms with Crippen molar-refractivity contribution < 1.29 is 8.82 Å². The number of anilines is 1. The number of pyridine rings is 1. The Kier molecular flexibility index (Phi) is 6.35. The fourth-order valence-corrected chi connectivity index (χ4v) is 4.21. The largest absolute Gasteiger partial charge is 0.415 e. The van der Waals surface area contributed by atoms with Crippen LogP contribution in [0.3, 0.4) is 0 Å². The van der Waals surface area contributed by atoms with Gasteiger partial charge >= 0.3 is 0 Å². The second kappa shape index (κ2) is 8.58. The van der Waals surface area contributed by atoms with E-state index in [1.54, 1.807) is 0 Å². The molecule has 1 aliphatic heterocycles. The van der Waals surface area contributed by atoms with Gasteiger partial charge in [-0.25, -0.2) is 4.39 Å². The molecule has 3 nitrogen and oxygen atoms in total. The maximum Gasteiger partial charge on any atom is 0.179 e. The Morgan fingerprint density at radius 2 is 2.04 bits per heavy atom. The molecule has 0 radical (unpaired) electrons. The van der Waals surface area contributed by atoms with Gasteiger partial charge in [0.1, 0.15) is 0 Å². The Morgan fingerprint density at radius 1 is 1.25 bits per heavy atom. The molecule has 1 unspecified atom stereocenters. The summed E-state index contributed by atoms with van der Waals surface area (Å²) in [7, 11) is -1.37. The Bertz CT molecular complexity index is 860. The number of hydrogen-bond donors (Lipinski definition) is 0. The Balaban J connectivity index is 1.71. The van der Waals surface area contributed by atoms with Crippen LogP contribution in [0.15, 0.2) is 42.6 Å². The number of benzene rings is 1. The number of hydrogen-bond acceptors (Lipinski definition) is 3. The van der Waals surface area contributed by atoms with Crippen LogP contribution < -0.4 is 4.90 Å². The molecule has 1 aromatic heterocycles. The van der Waals surface area contributed by atoms with Crippen molar-refractivity contribution in [3.8, 4) is 0 Å². The summed E-state index contributed by atoms with van der Waals surface area (Å²) >= 11 is 0. The fourth-order valence-electron chi connectivity index (χ4n) is 3.28. The van der Waals surface area contributed by atoms with Gasteiger partial charge in [-0.05, 0) is 54.3 Å². The molecule has 0 N–H and O–H groups in total. The van der Waals surface area contributed by atoms with Crippen molar-refractivity contribution in [3.63, 3.8) is 0 Å². The first-order chi connectivity index (χ1) is 13.3. The summed E-state index contributed by atoms with van der Waals surface area (Å²) in [5.41, 5.74) is 4.88. The number of rotatable bonds is 5. The van der Waals surface area contributed by atoms with E-state index < -0.39 is 9.04 Å². The van der Waals surface area contributed by atoms with Crippen LogP contribution in [0.4, 0.5) is 10.1 Å². The molecule has 1 aliphatic rings. The molecular weight excluding hydrogens is 367 g/mol. The van der Waals surface area contributed by atoms with Crippen LogP contribution in [0.25, 0.3) is 5.57 Å². The van der Waals surface area contributed by atoms with Crippen molar-refractivity contribution in [1.82, 2.24) is 4.98 Å². The fraction of sp³-hybridized carbons (Fsp3) is 0.435. The van der Waals surface area contributed by atoms with Gasteiger partial charge in [-0.2, -0.15) is 0 Å². The summed E-state index contributed by atoms with van der Waals surface area (Å²) in [6, 6.07) is 9.81. The minimum absolute atomic E-state index is 0.144. The SMILES string of the molecule is Cc1cc(C2=CCN(c3cccc(CO[SiH](C)C(C)(C)C)c3F)CC2)ccn1. The lowest BCUT2D eigenvalue weighted by Gasteiger charge is -2.30. The predicted octanol–water partition coefficient (Wildman–Crippen LogP) is 5.49. The van der Waals surface area contributed by atoms with Crippen molar-refractivity contribution in [1.29, 1.82) is 0 Å². The monoisotopic (exact) mass is 398 g/mol. The second-order valence-electron chi connectivity index (χ2n) is 8.68. The van der Waals surface area contributed by atoms with E-state index in [1.807, 2.05) is 37.4 Å². The second-order valence-corrected chi connectivity index (χ2v) is 12.0. The third kappa shape index (κ3) is 4.89. The number of aryl methyl sites for hydroxylation is 1. The number of aromatic nitrogens is 1. The molecular formula is C23H31FN2OSi. The molecule has 1 aromatic carbocycles. The third-order valence-electron chi connectivity index (χ3n) is 5.58. The predicted molar refractivity (Wildman–Crippen MR) is 118 cm³/mol. The van der Waals surface area contributed by atoms with Crippen LogP contribution in [0.5, 0.6) is 0 Å². The van der Waals surface area contributed by atoms with E-state index in [9.17, 15) is 0 Å². The summed E-state index contributed by atoms with van der Waals surface area (Å²) in [5.74, 6) is -0.144. The van der Waals surface area contributed by atoms with E-state index in [2.05, 4.69) is 49.3 Å². The lowest BCUT2D eigenvalue weighted by atomic mass is 9.99. The minimum Gasteiger partial charge on any atom is -0.415 e. The molecule has 150 valence electrons. The lowest BCUT2D eigenvalue weighted by Crippen LogP contribution is -2.29. The van der Waals surface area contributed by atoms with Gasteiger partial charge in [-0.3, -0.25) is 4.98 Å². The van der Waals surface area contributed by atoms with E-state index in [1.165, 1.54) is 11.1 Å². The van der Waals surface area contributed by atoms with Crippen LogP contribution >= 0.6 is 0 Å². The number of nitrogens with zero attached hydrogens (tertiary/aromatic N) is 2. The lowest BCUT2D eigenvalue weighted by molar-refractivity contribution is 0.288. The molecule has 2 heterocycles. The minimum atomic E-state index is -1.37. The molecule has 3 rings (SSSR count). The van der Waals surface area contributed by atoms with Gasteiger partial charge in [0.15, 0.2) is 14.9 Å². The average molecular weight is 399 g/mol. The molecule has 2 aromatic rings. The molecule has 0 amide bonds. The van der Waals surface area contributed by atoms with Crippen molar-refractivity contribution in [2.24, 2.45) is 0 Å². The van der Waals surface area contributed by atoms with Gasteiger partial charge in [0.05, 0.1) is 12.3 Å². The zero-order chi connectivity index (χ0) is 20.3. The quantitative estimate of drug-likeness (QED) is 0.623. The highest BCUT2D eigenvalue weighted by molar-refractivity contribution is 6.53. The van der Waals surface area contributed by atoms with E-state index in [0.29, 0.717) is 24.4 Å². The smallest absolute Gasteiger partial charge is 0.179 e. The maximum atomic E-state index is 15.1. The first-order valence-corrected chi connectivity index (χ1v) is 12.2. The Labute approximate surface area is 170 Å². The molecule has 0 saturated heterocycles. The molecule has 0 spiro atoms. The Morgan fingerprint density at radius 3 is 2.68 bits per heavy atom. The van der Waals surface area contributed by atoms with Gasteiger partial charge in [0.2, 0.25) is 0 Å². The summed E-state index contributed by atoms with van der Waals surface area (Å²) in [5, 5.41) is 0.174. The summed E-state index contributed by atoms with van der Waals surface area (Å²) in [6.07, 6.45) is 4.95. The first kappa shape index (κ1) is 20.7. The maximum absolute atomic E-state index is 15.1. The van der Waals surface area contributed by atoms with Gasteiger partial charge < -0.3 is 9.33 Å². The highest BCUT2D eigenvalue weighted by Gasteiger charge is 2.24. The number of halogens is 1. The molecule has 5 heteroatoms. The van der Waals surface area contributed by atoms with E-state index in [0.717, 1.165) is 18.7 Å². The van der Waals surface area contributed by atoms with Crippen molar-refractivity contribution in [2.45, 2.75) is 52.3 Å². The first-order valence-electron chi connectivity index (χ1n) is 10.0. The molecule has 0 fully saturated rings. The van der Waals surface area contributed by atoms with E-state index in [4.69, 9.17) is 4.43 Å². The van der Waals surface area contributed by atoms with Gasteiger partial charge in [0, 0.05) is 30.5 Å². The zero-order valence-electron chi connectivity index (χ0n) is 17.6. The normalized spacial score (nSPS) is 16.1. The van der Waals surface area contributed by atoms with Crippen molar-refractivity contribution >= 4 is 20.3 Å². The van der Waals surface area contributed by atoms with Crippen LogP contribution in [0.2, 0.25) is 11.6 Å². The van der Waals surface area contributed by atoms with Gasteiger partial charge in [0.25, 0.3) is 0 Å². The zero-order valence-corrected chi connectivity index (χ0v) is 18.8. The highest BCUT2D eigenvalue weighted by Crippen LogP contribution is 2.31. The highest BCUT2D eigenvalue weighted by atomic mass is 28.3. The Hall–Kier alpha value is -1.98. The van der Waals surface area contributed by atoms with Crippen molar-refractivity contribution in [2.75, 3.05) is 18.0 Å². The molecule has 0 bridgehead atoms. The van der Waals surface area contributed by atoms with Crippen LogP contribution in [0, 0.1) is 12.7 Å². The summed E-state index contributed by atoms with van der Waals surface area (Å²) in [6.45, 7) is 12.6. The van der Waals surface area contributed by atoms with Gasteiger partial charge in [-0.1, -0.05) is 39.0 Å². The van der Waals surface area contributed by atoms with Gasteiger partial charge in [-0.15, -0.1) is 0 Å². The third-order valence-corrected chi connectivity index (χ3v) is 8.69. The van der Waals surface area contributed by atoms with E-state index >= 15 is 4.39 Å². The van der Waals surface area contributed by atoms with Crippen LogP contribution in [-0.2, 0) is 11.0 Å². The summed E-state index contributed by atoms with van der Waals surface area (Å²) in [4.78, 5) is 6.38. The molecule has 28 heavy (non-hydrogen) atoms. The molecule has 1 atom stereocenters. The molecule has 0 saturated carbocycles. The summed E-state index contributed by atoms with van der Waals surface area (Å²) < 4.78 is 21.2. The topological polar surface area (TPSA) is 25.4 Å². The van der Waals surface area contributed by atoms with E-state index in [-0.39, 0.29) is 10.9 Å².